The quantitative estimate of drug-likeness (QED) is 0.728. The summed E-state index contributed by atoms with van der Waals surface area (Å²) in [7, 11) is 0. The van der Waals surface area contributed by atoms with Gasteiger partial charge in [0.25, 0.3) is 5.91 Å². The van der Waals surface area contributed by atoms with Gasteiger partial charge in [-0.2, -0.15) is 5.10 Å². The Morgan fingerprint density at radius 3 is 2.84 bits per heavy atom. The van der Waals surface area contributed by atoms with Crippen LogP contribution < -0.4 is 0 Å². The summed E-state index contributed by atoms with van der Waals surface area (Å²) in [6, 6.07) is 3.96. The average molecular weight is 290 g/mol. The third kappa shape index (κ3) is 2.11. The molecule has 0 fully saturated rings. The lowest BCUT2D eigenvalue weighted by atomic mass is 10.2. The van der Waals surface area contributed by atoms with Crippen molar-refractivity contribution in [3.63, 3.8) is 0 Å². The normalized spacial score (nSPS) is 10.8. The second kappa shape index (κ2) is 4.67. The van der Waals surface area contributed by atoms with E-state index in [0.717, 1.165) is 27.7 Å². The molecule has 0 amide bonds. The molecule has 7 heteroatoms. The van der Waals surface area contributed by atoms with Crippen LogP contribution >= 0.6 is 22.9 Å². The number of carbonyl (C=O) groups is 1. The first-order chi connectivity index (χ1) is 9.16. The topological polar surface area (TPSA) is 60.7 Å². The molecule has 96 valence electrons. The molecule has 0 saturated carbocycles. The van der Waals surface area contributed by atoms with Gasteiger partial charge in [0.05, 0.1) is 10.6 Å². The van der Waals surface area contributed by atoms with Gasteiger partial charge in [-0.3, -0.25) is 4.79 Å². The Morgan fingerprint density at radius 1 is 1.37 bits per heavy atom. The average Bonchev–Trinajstić information content (AvgIpc) is 3.07. The summed E-state index contributed by atoms with van der Waals surface area (Å²) in [6.45, 7) is 3.72. The minimum Gasteiger partial charge on any atom is -0.266 e. The van der Waals surface area contributed by atoms with Crippen LogP contribution in [0.5, 0.6) is 0 Å². The van der Waals surface area contributed by atoms with E-state index in [2.05, 4.69) is 14.7 Å². The standard InChI is InChI=1S/C12H10N4OS2/c1-7-6-16(12(17)11-8(2)13-15-19-11)14-10(7)9-4-3-5-18-9/h3-6H,1-2H3. The highest BCUT2D eigenvalue weighted by Gasteiger charge is 2.18. The van der Waals surface area contributed by atoms with Crippen LogP contribution in [0.2, 0.25) is 0 Å². The molecular weight excluding hydrogens is 280 g/mol. The lowest BCUT2D eigenvalue weighted by Crippen LogP contribution is -2.12. The Kier molecular flexibility index (Phi) is 3.00. The zero-order valence-corrected chi connectivity index (χ0v) is 12.0. The van der Waals surface area contributed by atoms with Gasteiger partial charge in [-0.1, -0.05) is 10.6 Å². The fourth-order valence-corrected chi connectivity index (χ4v) is 3.12. The van der Waals surface area contributed by atoms with Crippen LogP contribution in [0.25, 0.3) is 10.6 Å². The Morgan fingerprint density at radius 2 is 2.21 bits per heavy atom. The molecule has 3 aromatic rings. The molecule has 0 aliphatic heterocycles. The SMILES string of the molecule is Cc1cn(C(=O)c2snnc2C)nc1-c1cccs1. The Labute approximate surface area is 117 Å². The number of aromatic nitrogens is 4. The van der Waals surface area contributed by atoms with E-state index >= 15 is 0 Å². The van der Waals surface area contributed by atoms with Crippen LogP contribution in [0, 0.1) is 13.8 Å². The number of nitrogens with zero attached hydrogens (tertiary/aromatic N) is 4. The van der Waals surface area contributed by atoms with E-state index < -0.39 is 0 Å². The van der Waals surface area contributed by atoms with Crippen LogP contribution in [0.15, 0.2) is 23.7 Å². The van der Waals surface area contributed by atoms with Gasteiger partial charge in [0.2, 0.25) is 0 Å². The van der Waals surface area contributed by atoms with Gasteiger partial charge in [0.15, 0.2) is 0 Å². The van der Waals surface area contributed by atoms with E-state index in [1.54, 1.807) is 24.5 Å². The zero-order valence-electron chi connectivity index (χ0n) is 10.3. The molecule has 3 heterocycles. The molecule has 0 saturated heterocycles. The molecule has 0 N–H and O–H groups in total. The van der Waals surface area contributed by atoms with Gasteiger partial charge in [-0.25, -0.2) is 4.68 Å². The highest BCUT2D eigenvalue weighted by molar-refractivity contribution is 7.13. The van der Waals surface area contributed by atoms with E-state index in [4.69, 9.17) is 0 Å². The molecule has 0 spiro atoms. The maximum Gasteiger partial charge on any atom is 0.291 e. The summed E-state index contributed by atoms with van der Waals surface area (Å²) < 4.78 is 5.15. The smallest absolute Gasteiger partial charge is 0.266 e. The highest BCUT2D eigenvalue weighted by Crippen LogP contribution is 2.26. The van der Waals surface area contributed by atoms with E-state index in [1.165, 1.54) is 4.68 Å². The van der Waals surface area contributed by atoms with Crippen molar-refractivity contribution < 1.29 is 4.79 Å². The summed E-state index contributed by atoms with van der Waals surface area (Å²) in [5.74, 6) is -0.182. The molecule has 3 rings (SSSR count). The number of hydrogen-bond acceptors (Lipinski definition) is 6. The first-order valence-electron chi connectivity index (χ1n) is 5.60. The first-order valence-corrected chi connectivity index (χ1v) is 7.26. The summed E-state index contributed by atoms with van der Waals surface area (Å²) in [5.41, 5.74) is 2.46. The maximum atomic E-state index is 12.3. The zero-order chi connectivity index (χ0) is 13.4. The van der Waals surface area contributed by atoms with Crippen molar-refractivity contribution in [1.82, 2.24) is 19.4 Å². The number of hydrogen-bond donors (Lipinski definition) is 0. The Bertz CT molecular complexity index is 727. The maximum absolute atomic E-state index is 12.3. The van der Waals surface area contributed by atoms with Crippen molar-refractivity contribution in [2.24, 2.45) is 0 Å². The molecule has 19 heavy (non-hydrogen) atoms. The van der Waals surface area contributed by atoms with Gasteiger partial charge in [0.1, 0.15) is 10.6 Å². The predicted molar refractivity (Wildman–Crippen MR) is 74.7 cm³/mol. The van der Waals surface area contributed by atoms with Crippen LogP contribution in [0.1, 0.15) is 20.9 Å². The third-order valence-electron chi connectivity index (χ3n) is 2.71. The third-order valence-corrected chi connectivity index (χ3v) is 4.40. The summed E-state index contributed by atoms with van der Waals surface area (Å²) in [5, 5.41) is 10.2. The van der Waals surface area contributed by atoms with Crippen molar-refractivity contribution >= 4 is 28.8 Å². The minimum atomic E-state index is -0.182. The minimum absolute atomic E-state index is 0.182. The molecule has 0 aromatic carbocycles. The van der Waals surface area contributed by atoms with Crippen molar-refractivity contribution in [3.05, 3.63) is 39.8 Å². The van der Waals surface area contributed by atoms with Gasteiger partial charge in [0, 0.05) is 6.20 Å². The summed E-state index contributed by atoms with van der Waals surface area (Å²) >= 11 is 2.70. The molecule has 3 aromatic heterocycles. The van der Waals surface area contributed by atoms with Gasteiger partial charge in [-0.15, -0.1) is 16.4 Å². The second-order valence-electron chi connectivity index (χ2n) is 4.08. The van der Waals surface area contributed by atoms with Crippen molar-refractivity contribution in [2.75, 3.05) is 0 Å². The number of thiophene rings is 1. The summed E-state index contributed by atoms with van der Waals surface area (Å²) in [4.78, 5) is 13.9. The van der Waals surface area contributed by atoms with Crippen molar-refractivity contribution in [3.8, 4) is 10.6 Å². The molecule has 0 atom stereocenters. The monoisotopic (exact) mass is 290 g/mol. The van der Waals surface area contributed by atoms with E-state index in [0.29, 0.717) is 10.6 Å². The molecule has 0 radical (unpaired) electrons. The second-order valence-corrected chi connectivity index (χ2v) is 5.78. The van der Waals surface area contributed by atoms with Gasteiger partial charge in [-0.05, 0) is 42.4 Å². The molecule has 0 aliphatic rings. The lowest BCUT2D eigenvalue weighted by Gasteiger charge is -1.96. The van der Waals surface area contributed by atoms with E-state index in [-0.39, 0.29) is 5.91 Å². The van der Waals surface area contributed by atoms with Crippen LogP contribution in [0.4, 0.5) is 0 Å². The molecule has 0 bridgehead atoms. The van der Waals surface area contributed by atoms with Crippen LogP contribution in [-0.2, 0) is 0 Å². The molecule has 0 unspecified atom stereocenters. The van der Waals surface area contributed by atoms with Gasteiger partial charge < -0.3 is 0 Å². The van der Waals surface area contributed by atoms with Crippen LogP contribution in [-0.4, -0.2) is 25.3 Å². The number of rotatable bonds is 2. The van der Waals surface area contributed by atoms with E-state index in [9.17, 15) is 4.79 Å². The molecule has 0 aliphatic carbocycles. The number of aryl methyl sites for hydroxylation is 2. The highest BCUT2D eigenvalue weighted by atomic mass is 32.1. The lowest BCUT2D eigenvalue weighted by molar-refractivity contribution is 0.0948. The first kappa shape index (κ1) is 12.2. The fraction of sp³-hybridized carbons (Fsp3) is 0.167. The molecular formula is C12H10N4OS2. The fourth-order valence-electron chi connectivity index (χ4n) is 1.75. The Hall–Kier alpha value is -1.86. The largest absolute Gasteiger partial charge is 0.291 e. The van der Waals surface area contributed by atoms with Crippen molar-refractivity contribution in [1.29, 1.82) is 0 Å². The van der Waals surface area contributed by atoms with Crippen molar-refractivity contribution in [2.45, 2.75) is 13.8 Å². The number of carbonyl (C=O) groups excluding carboxylic acids is 1. The van der Waals surface area contributed by atoms with E-state index in [1.807, 2.05) is 24.4 Å². The van der Waals surface area contributed by atoms with Gasteiger partial charge >= 0.3 is 0 Å². The Balaban J connectivity index is 2.02. The predicted octanol–water partition coefficient (Wildman–Crippen LogP) is 2.77. The van der Waals surface area contributed by atoms with Crippen LogP contribution in [0.3, 0.4) is 0 Å². The molecule has 5 nitrogen and oxygen atoms in total. The summed E-state index contributed by atoms with van der Waals surface area (Å²) in [6.07, 6.45) is 1.75.